The molecule has 7 nitrogen and oxygen atoms in total. The topological polar surface area (TPSA) is 79.3 Å². The predicted molar refractivity (Wildman–Crippen MR) is 74.0 cm³/mol. The third-order valence-electron chi connectivity index (χ3n) is 3.14. The number of anilines is 1. The monoisotopic (exact) mass is 283 g/mol. The first kappa shape index (κ1) is 13.3. The normalized spacial score (nSPS) is 16.3. The average Bonchev–Trinajstić information content (AvgIpc) is 2.49. The predicted octanol–water partition coefficient (Wildman–Crippen LogP) is 0.247. The summed E-state index contributed by atoms with van der Waals surface area (Å²) in [6, 6.07) is 9.71. The number of carbonyl (C=O) groups excluding carboxylic acids is 2. The third-order valence-corrected chi connectivity index (χ3v) is 3.14. The van der Waals surface area contributed by atoms with Gasteiger partial charge in [-0.15, -0.1) is 5.10 Å². The molecule has 2 aromatic rings. The van der Waals surface area contributed by atoms with Gasteiger partial charge >= 0.3 is 0 Å². The van der Waals surface area contributed by atoms with E-state index in [1.807, 2.05) is 30.3 Å². The molecule has 7 heteroatoms. The Morgan fingerprint density at radius 1 is 1.00 bits per heavy atom. The fraction of sp³-hybridized carbons (Fsp3) is 0.214. The number of imide groups is 1. The van der Waals surface area contributed by atoms with Gasteiger partial charge < -0.3 is 0 Å². The van der Waals surface area contributed by atoms with Crippen LogP contribution in [-0.2, 0) is 16.1 Å². The van der Waals surface area contributed by atoms with Gasteiger partial charge in [0.05, 0.1) is 25.5 Å². The van der Waals surface area contributed by atoms with E-state index in [4.69, 9.17) is 0 Å². The number of hydrogen-bond acceptors (Lipinski definition) is 6. The van der Waals surface area contributed by atoms with Crippen molar-refractivity contribution in [2.75, 3.05) is 18.0 Å². The van der Waals surface area contributed by atoms with E-state index in [0.717, 1.165) is 10.5 Å². The molecule has 0 spiro atoms. The summed E-state index contributed by atoms with van der Waals surface area (Å²) in [5.74, 6) is -0.641. The van der Waals surface area contributed by atoms with Crippen LogP contribution < -0.4 is 4.90 Å². The van der Waals surface area contributed by atoms with Gasteiger partial charge in [0.1, 0.15) is 0 Å². The maximum absolute atomic E-state index is 12.2. The number of nitrogens with zero attached hydrogens (tertiary/aromatic N) is 5. The second kappa shape index (κ2) is 5.76. The molecule has 0 unspecified atom stereocenters. The van der Waals surface area contributed by atoms with Crippen molar-refractivity contribution in [2.45, 2.75) is 6.54 Å². The zero-order chi connectivity index (χ0) is 14.7. The van der Waals surface area contributed by atoms with Gasteiger partial charge in [0, 0.05) is 6.54 Å². The molecule has 0 atom stereocenters. The second-order valence-electron chi connectivity index (χ2n) is 4.70. The van der Waals surface area contributed by atoms with Crippen molar-refractivity contribution < 1.29 is 9.59 Å². The lowest BCUT2D eigenvalue weighted by Gasteiger charge is -2.31. The summed E-state index contributed by atoms with van der Waals surface area (Å²) in [7, 11) is 0. The number of hydrogen-bond donors (Lipinski definition) is 0. The lowest BCUT2D eigenvalue weighted by atomic mass is 10.2. The molecule has 0 bridgehead atoms. The highest BCUT2D eigenvalue weighted by atomic mass is 16.2. The Morgan fingerprint density at radius 3 is 2.33 bits per heavy atom. The Labute approximate surface area is 121 Å². The van der Waals surface area contributed by atoms with Gasteiger partial charge in [-0.2, -0.15) is 5.10 Å². The van der Waals surface area contributed by atoms with E-state index in [1.165, 1.54) is 12.4 Å². The van der Waals surface area contributed by atoms with Crippen LogP contribution in [0.1, 0.15) is 5.56 Å². The molecule has 1 fully saturated rings. The maximum atomic E-state index is 12.2. The molecule has 0 radical (unpaired) electrons. The number of rotatable bonds is 3. The van der Waals surface area contributed by atoms with Crippen LogP contribution in [0, 0.1) is 0 Å². The molecule has 3 rings (SSSR count). The Bertz CT molecular complexity index is 629. The summed E-state index contributed by atoms with van der Waals surface area (Å²) in [5.41, 5.74) is 1.06. The first-order valence-electron chi connectivity index (χ1n) is 6.50. The number of piperazine rings is 1. The summed E-state index contributed by atoms with van der Waals surface area (Å²) >= 11 is 0. The Balaban J connectivity index is 1.73. The molecular formula is C14H13N5O2. The van der Waals surface area contributed by atoms with Crippen molar-refractivity contribution in [2.24, 2.45) is 0 Å². The molecule has 2 heterocycles. The average molecular weight is 283 g/mol. The van der Waals surface area contributed by atoms with Crippen LogP contribution in [0.2, 0.25) is 0 Å². The molecule has 1 aromatic carbocycles. The van der Waals surface area contributed by atoms with Gasteiger partial charge in [0.15, 0.2) is 0 Å². The van der Waals surface area contributed by atoms with Gasteiger partial charge in [-0.05, 0) is 5.56 Å². The zero-order valence-corrected chi connectivity index (χ0v) is 11.2. The van der Waals surface area contributed by atoms with Crippen molar-refractivity contribution in [1.29, 1.82) is 0 Å². The molecule has 1 aliphatic heterocycles. The van der Waals surface area contributed by atoms with Crippen molar-refractivity contribution in [1.82, 2.24) is 20.1 Å². The van der Waals surface area contributed by atoms with E-state index < -0.39 is 0 Å². The van der Waals surface area contributed by atoms with Gasteiger partial charge in [-0.1, -0.05) is 30.3 Å². The molecule has 1 aliphatic rings. The largest absolute Gasteiger partial charge is 0.281 e. The smallest absolute Gasteiger partial charge is 0.259 e. The highest BCUT2D eigenvalue weighted by Crippen LogP contribution is 2.14. The third kappa shape index (κ3) is 2.92. The number of carbonyl (C=O) groups is 2. The lowest BCUT2D eigenvalue weighted by Crippen LogP contribution is -2.54. The fourth-order valence-corrected chi connectivity index (χ4v) is 2.24. The highest BCUT2D eigenvalue weighted by Gasteiger charge is 2.33. The van der Waals surface area contributed by atoms with Crippen LogP contribution >= 0.6 is 0 Å². The number of aromatic nitrogens is 3. The molecule has 0 N–H and O–H groups in total. The summed E-state index contributed by atoms with van der Waals surface area (Å²) in [5, 5.41) is 7.36. The van der Waals surface area contributed by atoms with Gasteiger partial charge in [0.25, 0.3) is 5.95 Å². The van der Waals surface area contributed by atoms with E-state index in [9.17, 15) is 9.59 Å². The highest BCUT2D eigenvalue weighted by molar-refractivity contribution is 6.16. The standard InChI is InChI=1S/C14H13N5O2/c20-12-9-18(8-11-4-2-1-3-5-11)10-13(21)19(12)14-15-6-7-16-17-14/h1-7H,8-10H2. The van der Waals surface area contributed by atoms with Crippen molar-refractivity contribution in [3.63, 3.8) is 0 Å². The summed E-state index contributed by atoms with van der Waals surface area (Å²) < 4.78 is 0. The van der Waals surface area contributed by atoms with Crippen LogP contribution in [0.25, 0.3) is 0 Å². The van der Waals surface area contributed by atoms with Crippen LogP contribution in [0.4, 0.5) is 5.95 Å². The zero-order valence-electron chi connectivity index (χ0n) is 11.2. The second-order valence-corrected chi connectivity index (χ2v) is 4.70. The fourth-order valence-electron chi connectivity index (χ4n) is 2.24. The van der Waals surface area contributed by atoms with Crippen LogP contribution in [-0.4, -0.2) is 45.0 Å². The molecule has 1 saturated heterocycles. The SMILES string of the molecule is O=C1CN(Cc2ccccc2)CC(=O)N1c1nccnn1. The van der Waals surface area contributed by atoms with Gasteiger partial charge in [-0.25, -0.2) is 9.88 Å². The van der Waals surface area contributed by atoms with Crippen molar-refractivity contribution in [3.05, 3.63) is 48.3 Å². The molecule has 0 aliphatic carbocycles. The van der Waals surface area contributed by atoms with Crippen LogP contribution in [0.5, 0.6) is 0 Å². The quantitative estimate of drug-likeness (QED) is 0.751. The Morgan fingerprint density at radius 2 is 1.71 bits per heavy atom. The summed E-state index contributed by atoms with van der Waals surface area (Å²) in [6.07, 6.45) is 2.79. The molecule has 0 saturated carbocycles. The van der Waals surface area contributed by atoms with E-state index in [1.54, 1.807) is 4.90 Å². The van der Waals surface area contributed by atoms with Gasteiger partial charge in [0.2, 0.25) is 11.8 Å². The maximum Gasteiger partial charge on any atom is 0.259 e. The summed E-state index contributed by atoms with van der Waals surface area (Å²) in [6.45, 7) is 0.859. The minimum Gasteiger partial charge on any atom is -0.281 e. The van der Waals surface area contributed by atoms with Crippen molar-refractivity contribution in [3.8, 4) is 0 Å². The summed E-state index contributed by atoms with van der Waals surface area (Å²) in [4.78, 5) is 31.0. The van der Waals surface area contributed by atoms with E-state index in [0.29, 0.717) is 6.54 Å². The molecule has 2 amide bonds. The molecule has 21 heavy (non-hydrogen) atoms. The first-order valence-corrected chi connectivity index (χ1v) is 6.50. The molecule has 1 aromatic heterocycles. The Kier molecular flexibility index (Phi) is 3.65. The molecular weight excluding hydrogens is 270 g/mol. The van der Waals surface area contributed by atoms with Crippen LogP contribution in [0.3, 0.4) is 0 Å². The van der Waals surface area contributed by atoms with E-state index >= 15 is 0 Å². The van der Waals surface area contributed by atoms with E-state index in [2.05, 4.69) is 15.2 Å². The first-order chi connectivity index (χ1) is 10.2. The Hall–Kier alpha value is -2.67. The van der Waals surface area contributed by atoms with E-state index in [-0.39, 0.29) is 30.9 Å². The number of amides is 2. The minimum atomic E-state index is -0.338. The lowest BCUT2D eigenvalue weighted by molar-refractivity contribution is -0.132. The van der Waals surface area contributed by atoms with Gasteiger partial charge in [-0.3, -0.25) is 14.5 Å². The van der Waals surface area contributed by atoms with Crippen LogP contribution in [0.15, 0.2) is 42.7 Å². The number of benzene rings is 1. The minimum absolute atomic E-state index is 0.0341. The molecule has 106 valence electrons. The van der Waals surface area contributed by atoms with Crippen molar-refractivity contribution >= 4 is 17.8 Å².